The van der Waals surface area contributed by atoms with E-state index in [0.717, 1.165) is 6.07 Å². The van der Waals surface area contributed by atoms with E-state index in [1.165, 1.54) is 36.2 Å². The molecule has 2 aromatic heterocycles. The van der Waals surface area contributed by atoms with Crippen LogP contribution in [0.5, 0.6) is 11.6 Å². The van der Waals surface area contributed by atoms with Crippen molar-refractivity contribution >= 4 is 10.9 Å². The third-order valence-electron chi connectivity index (χ3n) is 7.68. The van der Waals surface area contributed by atoms with E-state index in [1.54, 1.807) is 6.92 Å². The Balaban J connectivity index is 1.40. The van der Waals surface area contributed by atoms with Gasteiger partial charge in [-0.15, -0.1) is 5.10 Å². The highest BCUT2D eigenvalue weighted by Gasteiger charge is 2.44. The first-order valence-corrected chi connectivity index (χ1v) is 12.9. The number of hydrogen-bond donors (Lipinski definition) is 3. The second-order valence-electron chi connectivity index (χ2n) is 11.2. The molecule has 8 nitrogen and oxygen atoms in total. The number of fused-ring (bicyclic) bond motifs is 1. The highest BCUT2D eigenvalue weighted by atomic mass is 19.4. The molecule has 0 bridgehead atoms. The third kappa shape index (κ3) is 5.46. The largest absolute Gasteiger partial charge is 0.492 e. The number of aliphatic hydroxyl groups is 2. The number of aromatic nitrogens is 3. The van der Waals surface area contributed by atoms with Gasteiger partial charge in [-0.05, 0) is 57.7 Å². The summed E-state index contributed by atoms with van der Waals surface area (Å²) in [6, 6.07) is 3.87. The maximum absolute atomic E-state index is 14.3. The Morgan fingerprint density at radius 3 is 2.45 bits per heavy atom. The molecule has 13 heteroatoms. The number of hydrogen-bond acceptors (Lipinski definition) is 7. The van der Waals surface area contributed by atoms with Gasteiger partial charge in [0.15, 0.2) is 0 Å². The molecule has 40 heavy (non-hydrogen) atoms. The zero-order valence-corrected chi connectivity index (χ0v) is 22.2. The van der Waals surface area contributed by atoms with Crippen molar-refractivity contribution in [1.82, 2.24) is 20.1 Å². The number of rotatable bonds is 7. The minimum Gasteiger partial charge on any atom is -0.492 e. The topological polar surface area (TPSA) is 102 Å². The zero-order chi connectivity index (χ0) is 29.0. The van der Waals surface area contributed by atoms with Crippen LogP contribution in [-0.4, -0.2) is 56.4 Å². The smallest absolute Gasteiger partial charge is 0.418 e. The zero-order valence-electron chi connectivity index (χ0n) is 22.2. The SMILES string of the molecule is COc1nn(C2CC(C)(O)C2)c2c(C(F)(F)F)cc(OC[C@@H]3C[C@](O)(c4ccc(C(F)F)nc4)C[C@H](C)N3)cc12. The van der Waals surface area contributed by atoms with Gasteiger partial charge >= 0.3 is 6.18 Å². The standard InChI is InChI=1S/C27H31F5N4O4/c1-14-8-26(38,15-4-5-21(23(28)29)33-12-15)9-16(34-14)13-40-18-6-19-22(20(7-18)27(30,31)32)36(35-24(19)39-3)17-10-25(2,37)11-17/h4-7,12,14,16-17,23,34,37-38H,8-11,13H2,1-3H3/t14-,16-,17?,25?,26-/m0/s1. The molecule has 1 saturated heterocycles. The van der Waals surface area contributed by atoms with Crippen molar-refractivity contribution < 1.29 is 41.6 Å². The fourth-order valence-corrected chi connectivity index (χ4v) is 5.93. The molecule has 2 aliphatic rings. The summed E-state index contributed by atoms with van der Waals surface area (Å²) in [5.74, 6) is -0.0409. The van der Waals surface area contributed by atoms with E-state index in [4.69, 9.17) is 9.47 Å². The number of alkyl halides is 5. The molecule has 5 rings (SSSR count). The Morgan fingerprint density at radius 1 is 1.15 bits per heavy atom. The van der Waals surface area contributed by atoms with Crippen LogP contribution in [0.3, 0.4) is 0 Å². The lowest BCUT2D eigenvalue weighted by Crippen LogP contribution is -2.53. The summed E-state index contributed by atoms with van der Waals surface area (Å²) < 4.78 is 81.0. The Hall–Kier alpha value is -3.03. The minimum absolute atomic E-state index is 0.0102. The molecular formula is C27H31F5N4O4. The second-order valence-corrected chi connectivity index (χ2v) is 11.2. The van der Waals surface area contributed by atoms with Crippen LogP contribution < -0.4 is 14.8 Å². The molecule has 2 fully saturated rings. The van der Waals surface area contributed by atoms with Crippen LogP contribution in [0, 0.1) is 0 Å². The van der Waals surface area contributed by atoms with E-state index in [9.17, 15) is 32.2 Å². The van der Waals surface area contributed by atoms with E-state index >= 15 is 0 Å². The molecule has 3 heterocycles. The van der Waals surface area contributed by atoms with E-state index in [0.29, 0.717) is 5.56 Å². The molecule has 1 aliphatic heterocycles. The van der Waals surface area contributed by atoms with Gasteiger partial charge in [0.05, 0.1) is 40.8 Å². The number of halogens is 5. The number of benzene rings is 1. The molecule has 218 valence electrons. The number of nitrogens with zero attached hydrogens (tertiary/aromatic N) is 3. The summed E-state index contributed by atoms with van der Waals surface area (Å²) in [7, 11) is 1.32. The van der Waals surface area contributed by atoms with Crippen LogP contribution in [0.2, 0.25) is 0 Å². The van der Waals surface area contributed by atoms with Gasteiger partial charge in [-0.3, -0.25) is 9.67 Å². The summed E-state index contributed by atoms with van der Waals surface area (Å²) in [5.41, 5.74) is -3.45. The predicted molar refractivity (Wildman–Crippen MR) is 134 cm³/mol. The predicted octanol–water partition coefficient (Wildman–Crippen LogP) is 4.89. The van der Waals surface area contributed by atoms with E-state index in [1.807, 2.05) is 6.92 Å². The number of methoxy groups -OCH3 is 1. The minimum atomic E-state index is -4.72. The van der Waals surface area contributed by atoms with Gasteiger partial charge < -0.3 is 25.0 Å². The molecule has 0 amide bonds. The van der Waals surface area contributed by atoms with Crippen LogP contribution in [0.4, 0.5) is 22.0 Å². The maximum Gasteiger partial charge on any atom is 0.418 e. The van der Waals surface area contributed by atoms with E-state index < -0.39 is 47.1 Å². The molecule has 1 aliphatic carbocycles. The van der Waals surface area contributed by atoms with Crippen molar-refractivity contribution in [3.63, 3.8) is 0 Å². The Bertz CT molecular complexity index is 1370. The monoisotopic (exact) mass is 570 g/mol. The van der Waals surface area contributed by atoms with Crippen molar-refractivity contribution in [1.29, 1.82) is 0 Å². The lowest BCUT2D eigenvalue weighted by Gasteiger charge is -2.41. The van der Waals surface area contributed by atoms with Crippen molar-refractivity contribution in [3.8, 4) is 11.6 Å². The van der Waals surface area contributed by atoms with E-state index in [2.05, 4.69) is 15.4 Å². The summed E-state index contributed by atoms with van der Waals surface area (Å²) in [5, 5.41) is 29.2. The van der Waals surface area contributed by atoms with Gasteiger partial charge in [0.2, 0.25) is 5.88 Å². The average molecular weight is 571 g/mol. The lowest BCUT2D eigenvalue weighted by atomic mass is 9.77. The fraction of sp³-hybridized carbons (Fsp3) is 0.556. The Morgan fingerprint density at radius 2 is 1.88 bits per heavy atom. The first-order chi connectivity index (χ1) is 18.7. The molecule has 0 unspecified atom stereocenters. The van der Waals surface area contributed by atoms with Crippen molar-refractivity contribution in [3.05, 3.63) is 47.3 Å². The maximum atomic E-state index is 14.3. The molecule has 3 atom stereocenters. The van der Waals surface area contributed by atoms with Gasteiger partial charge in [-0.1, -0.05) is 6.07 Å². The molecule has 1 saturated carbocycles. The molecule has 1 aromatic carbocycles. The highest BCUT2D eigenvalue weighted by molar-refractivity contribution is 5.89. The van der Waals surface area contributed by atoms with Crippen molar-refractivity contribution in [2.45, 2.75) is 81.5 Å². The molecule has 3 aromatic rings. The van der Waals surface area contributed by atoms with Crippen molar-refractivity contribution in [2.24, 2.45) is 0 Å². The lowest BCUT2D eigenvalue weighted by molar-refractivity contribution is -0.136. The Labute approximate surface area is 227 Å². The van der Waals surface area contributed by atoms with E-state index in [-0.39, 0.29) is 60.9 Å². The quantitative estimate of drug-likeness (QED) is 0.348. The number of nitrogens with one attached hydrogen (secondary N) is 1. The van der Waals surface area contributed by atoms with Crippen LogP contribution in [0.15, 0.2) is 30.5 Å². The molecular weight excluding hydrogens is 539 g/mol. The fourth-order valence-electron chi connectivity index (χ4n) is 5.93. The Kier molecular flexibility index (Phi) is 7.20. The van der Waals surface area contributed by atoms with Crippen molar-refractivity contribution in [2.75, 3.05) is 13.7 Å². The molecule has 0 spiro atoms. The summed E-state index contributed by atoms with van der Waals surface area (Å²) in [6.07, 6.45) is -5.29. The van der Waals surface area contributed by atoms with Crippen LogP contribution in [-0.2, 0) is 11.8 Å². The summed E-state index contributed by atoms with van der Waals surface area (Å²) in [4.78, 5) is 3.75. The first kappa shape index (κ1) is 28.5. The van der Waals surface area contributed by atoms with Gasteiger partial charge in [0.1, 0.15) is 18.1 Å². The van der Waals surface area contributed by atoms with Gasteiger partial charge in [0.25, 0.3) is 6.43 Å². The third-order valence-corrected chi connectivity index (χ3v) is 7.68. The summed E-state index contributed by atoms with van der Waals surface area (Å²) >= 11 is 0. The molecule has 0 radical (unpaired) electrons. The number of ether oxygens (including phenoxy) is 2. The number of pyridine rings is 1. The van der Waals surface area contributed by atoms with Gasteiger partial charge in [-0.2, -0.15) is 13.2 Å². The second kappa shape index (κ2) is 10.1. The summed E-state index contributed by atoms with van der Waals surface area (Å²) in [6.45, 7) is 3.39. The van der Waals surface area contributed by atoms with Crippen LogP contribution in [0.25, 0.3) is 10.9 Å². The highest BCUT2D eigenvalue weighted by Crippen LogP contribution is 2.47. The van der Waals surface area contributed by atoms with Crippen LogP contribution in [0.1, 0.15) is 68.8 Å². The number of piperidine rings is 1. The average Bonchev–Trinajstić information content (AvgIpc) is 3.22. The first-order valence-electron chi connectivity index (χ1n) is 12.9. The van der Waals surface area contributed by atoms with Crippen LogP contribution >= 0.6 is 0 Å². The normalized spacial score (nSPS) is 29.0. The van der Waals surface area contributed by atoms with Gasteiger partial charge in [-0.25, -0.2) is 8.78 Å². The van der Waals surface area contributed by atoms with Gasteiger partial charge in [0, 0.05) is 23.8 Å². The molecule has 3 N–H and O–H groups in total.